The van der Waals surface area contributed by atoms with Gasteiger partial charge in [-0.1, -0.05) is 56.7 Å². The zero-order valence-electron chi connectivity index (χ0n) is 25.6. The first-order valence-corrected chi connectivity index (χ1v) is 17.3. The van der Waals surface area contributed by atoms with Gasteiger partial charge in [0.2, 0.25) is 0 Å². The van der Waals surface area contributed by atoms with E-state index in [1.54, 1.807) is 14.2 Å². The highest BCUT2D eigenvalue weighted by molar-refractivity contribution is 6.74. The van der Waals surface area contributed by atoms with E-state index in [0.29, 0.717) is 19.8 Å². The van der Waals surface area contributed by atoms with Crippen LogP contribution in [0.4, 0.5) is 0 Å². The number of hydrogen-bond donors (Lipinski definition) is 0. The largest absolute Gasteiger partial charge is 0.497 e. The minimum atomic E-state index is -1.85. The summed E-state index contributed by atoms with van der Waals surface area (Å²) in [6.45, 7) is 16.0. The number of hydrogen-bond acceptors (Lipinski definition) is 6. The van der Waals surface area contributed by atoms with Gasteiger partial charge in [-0.2, -0.15) is 0 Å². The molecule has 2 aromatic carbocycles. The van der Waals surface area contributed by atoms with Crippen molar-refractivity contribution in [1.29, 1.82) is 0 Å². The molecule has 0 aromatic heterocycles. The van der Waals surface area contributed by atoms with Crippen molar-refractivity contribution < 1.29 is 28.1 Å². The predicted octanol–water partition coefficient (Wildman–Crippen LogP) is 7.32. The molecule has 2 fully saturated rings. The van der Waals surface area contributed by atoms with Crippen LogP contribution in [0.25, 0.3) is 0 Å². The van der Waals surface area contributed by atoms with E-state index in [0.717, 1.165) is 42.1 Å². The highest BCUT2D eigenvalue weighted by Crippen LogP contribution is 2.51. The van der Waals surface area contributed by atoms with Gasteiger partial charge in [0.25, 0.3) is 0 Å². The molecule has 1 aliphatic heterocycles. The van der Waals surface area contributed by atoms with E-state index in [9.17, 15) is 0 Å². The molecule has 1 heterocycles. The molecule has 1 spiro atoms. The molecule has 4 rings (SSSR count). The predicted molar refractivity (Wildman–Crippen MR) is 161 cm³/mol. The summed E-state index contributed by atoms with van der Waals surface area (Å²) in [7, 11) is 1.52. The highest BCUT2D eigenvalue weighted by atomic mass is 28.4. The Morgan fingerprint density at radius 2 is 1.45 bits per heavy atom. The number of rotatable bonds is 12. The number of epoxide rings is 1. The van der Waals surface area contributed by atoms with Gasteiger partial charge in [0.15, 0.2) is 8.32 Å². The molecular weight excluding hydrogens is 520 g/mol. The van der Waals surface area contributed by atoms with Gasteiger partial charge < -0.3 is 28.1 Å². The van der Waals surface area contributed by atoms with Gasteiger partial charge in [-0.15, -0.1) is 0 Å². The zero-order valence-corrected chi connectivity index (χ0v) is 26.6. The molecule has 0 amide bonds. The smallest absolute Gasteiger partial charge is 0.192 e. The third kappa shape index (κ3) is 7.37. The molecule has 220 valence electrons. The van der Waals surface area contributed by atoms with Gasteiger partial charge in [-0.25, -0.2) is 0 Å². The fourth-order valence-corrected chi connectivity index (χ4v) is 6.19. The summed E-state index contributed by atoms with van der Waals surface area (Å²) in [5.41, 5.74) is 3.30. The van der Waals surface area contributed by atoms with Crippen molar-refractivity contribution in [1.82, 2.24) is 0 Å². The Kier molecular flexibility index (Phi) is 9.84. The van der Waals surface area contributed by atoms with Crippen molar-refractivity contribution in [2.24, 2.45) is 5.92 Å². The second-order valence-corrected chi connectivity index (χ2v) is 17.5. The Hall–Kier alpha value is -2.16. The molecular formula is C33H48O6Si. The lowest BCUT2D eigenvalue weighted by Gasteiger charge is -2.42. The Morgan fingerprint density at radius 3 is 1.93 bits per heavy atom. The van der Waals surface area contributed by atoms with E-state index in [-0.39, 0.29) is 28.8 Å². The van der Waals surface area contributed by atoms with Crippen LogP contribution in [-0.2, 0) is 31.9 Å². The maximum atomic E-state index is 6.75. The molecule has 6 nitrogen and oxygen atoms in total. The van der Waals surface area contributed by atoms with E-state index in [4.69, 9.17) is 28.1 Å². The van der Waals surface area contributed by atoms with Gasteiger partial charge in [0.1, 0.15) is 17.1 Å². The van der Waals surface area contributed by atoms with Crippen molar-refractivity contribution >= 4 is 8.32 Å². The lowest BCUT2D eigenvalue weighted by atomic mass is 9.72. The standard InChI is InChI=1S/C33H48O6Si/c1-24(18-20-39-40(7,8)32(2,3)4)30-31(37-22-26-11-15-28(35-6)16-12-26)29(17-19-33(30)23-38-33)36-21-25-9-13-27(34-5)14-10-25/h9-16,18,29-31H,17,19-23H2,1-8H3/b24-18+/t29-,30-,31+,33-/m0/s1. The van der Waals surface area contributed by atoms with E-state index in [1.807, 2.05) is 24.3 Å². The van der Waals surface area contributed by atoms with Crippen LogP contribution in [0.2, 0.25) is 18.1 Å². The molecule has 40 heavy (non-hydrogen) atoms. The number of benzene rings is 2. The van der Waals surface area contributed by atoms with Crippen LogP contribution < -0.4 is 9.47 Å². The van der Waals surface area contributed by atoms with E-state index in [1.165, 1.54) is 5.57 Å². The third-order valence-corrected chi connectivity index (χ3v) is 13.5. The molecule has 0 N–H and O–H groups in total. The van der Waals surface area contributed by atoms with Crippen molar-refractivity contribution in [3.8, 4) is 11.5 Å². The fraction of sp³-hybridized carbons (Fsp3) is 0.576. The zero-order chi connectivity index (χ0) is 29.0. The molecule has 7 heteroatoms. The molecule has 0 radical (unpaired) electrons. The minimum Gasteiger partial charge on any atom is -0.497 e. The summed E-state index contributed by atoms with van der Waals surface area (Å²) >= 11 is 0. The normalized spacial score (nSPS) is 25.2. The van der Waals surface area contributed by atoms with Crippen LogP contribution in [0, 0.1) is 5.92 Å². The second kappa shape index (κ2) is 12.8. The summed E-state index contributed by atoms with van der Waals surface area (Å²) in [5.74, 6) is 1.78. The van der Waals surface area contributed by atoms with Crippen molar-refractivity contribution in [2.75, 3.05) is 27.4 Å². The van der Waals surface area contributed by atoms with Crippen LogP contribution in [-0.4, -0.2) is 53.6 Å². The molecule has 0 bridgehead atoms. The lowest BCUT2D eigenvalue weighted by molar-refractivity contribution is -0.138. The molecule has 1 saturated heterocycles. The Balaban J connectivity index is 1.53. The SMILES string of the molecule is COc1ccc(CO[C@@H]2[C@@H](OCc3ccc(OC)cc3)CC[C@]3(CO3)[C@H]2/C(C)=C/CO[Si](C)(C)C(C)(C)C)cc1. The first-order chi connectivity index (χ1) is 19.0. The topological polar surface area (TPSA) is 58.7 Å². The van der Waals surface area contributed by atoms with Crippen LogP contribution in [0.15, 0.2) is 60.2 Å². The van der Waals surface area contributed by atoms with Gasteiger partial charge in [-0.3, -0.25) is 0 Å². The maximum Gasteiger partial charge on any atom is 0.192 e. The first-order valence-electron chi connectivity index (χ1n) is 14.4. The van der Waals surface area contributed by atoms with E-state index in [2.05, 4.69) is 71.1 Å². The minimum absolute atomic E-state index is 0.0511. The summed E-state index contributed by atoms with van der Waals surface area (Å²) < 4.78 is 36.7. The molecule has 1 aliphatic carbocycles. The van der Waals surface area contributed by atoms with Crippen molar-refractivity contribution in [2.45, 2.75) is 89.7 Å². The van der Waals surface area contributed by atoms with Crippen LogP contribution in [0.1, 0.15) is 51.7 Å². The Morgan fingerprint density at radius 1 is 0.925 bits per heavy atom. The molecule has 1 saturated carbocycles. The highest BCUT2D eigenvalue weighted by Gasteiger charge is 2.59. The summed E-state index contributed by atoms with van der Waals surface area (Å²) in [5, 5.41) is 0.171. The van der Waals surface area contributed by atoms with Crippen molar-refractivity contribution in [3.05, 3.63) is 71.3 Å². The lowest BCUT2D eigenvalue weighted by Crippen LogP contribution is -2.50. The van der Waals surface area contributed by atoms with Crippen LogP contribution >= 0.6 is 0 Å². The van der Waals surface area contributed by atoms with Gasteiger partial charge in [0, 0.05) is 5.92 Å². The molecule has 2 aliphatic rings. The molecule has 4 atom stereocenters. The quantitative estimate of drug-likeness (QED) is 0.152. The third-order valence-electron chi connectivity index (χ3n) is 9.00. The van der Waals surface area contributed by atoms with Crippen molar-refractivity contribution in [3.63, 3.8) is 0 Å². The van der Waals surface area contributed by atoms with E-state index >= 15 is 0 Å². The second-order valence-electron chi connectivity index (χ2n) is 12.7. The molecule has 0 unspecified atom stereocenters. The average Bonchev–Trinajstić information content (AvgIpc) is 3.70. The number of methoxy groups -OCH3 is 2. The average molecular weight is 569 g/mol. The van der Waals surface area contributed by atoms with Gasteiger partial charge >= 0.3 is 0 Å². The number of ether oxygens (including phenoxy) is 5. The van der Waals surface area contributed by atoms with Gasteiger partial charge in [-0.05, 0) is 73.3 Å². The molecule has 2 aromatic rings. The van der Waals surface area contributed by atoms with E-state index < -0.39 is 8.32 Å². The Bertz CT molecular complexity index is 1120. The van der Waals surface area contributed by atoms with Gasteiger partial charge in [0.05, 0.1) is 52.9 Å². The fourth-order valence-electron chi connectivity index (χ4n) is 5.26. The summed E-state index contributed by atoms with van der Waals surface area (Å²) in [6.07, 6.45) is 3.92. The maximum absolute atomic E-state index is 6.75. The Labute approximate surface area is 242 Å². The summed E-state index contributed by atoms with van der Waals surface area (Å²) in [4.78, 5) is 0. The monoisotopic (exact) mass is 568 g/mol. The first kappa shape index (κ1) is 30.8. The summed E-state index contributed by atoms with van der Waals surface area (Å²) in [6, 6.07) is 16.1. The van der Waals surface area contributed by atoms with Crippen LogP contribution in [0.5, 0.6) is 11.5 Å². The van der Waals surface area contributed by atoms with Crippen LogP contribution in [0.3, 0.4) is 0 Å².